The second-order valence-corrected chi connectivity index (χ2v) is 5.29. The van der Waals surface area contributed by atoms with E-state index in [0.29, 0.717) is 11.9 Å². The monoisotopic (exact) mass is 286 g/mol. The number of carbonyl (C=O) groups is 1. The molecular weight excluding hydrogens is 268 g/mol. The van der Waals surface area contributed by atoms with Crippen molar-refractivity contribution < 1.29 is 9.21 Å². The standard InChI is InChI=1S/C15H18N4O2/c1-9-7-13(19-18-9)15(20)17-12-5-3-11(4-6-12)14-8-16-10(2)21-14/h3-6,8-9,13,18-19H,7H2,1-2H3,(H,17,20). The minimum atomic E-state index is -0.198. The van der Waals surface area contributed by atoms with Crippen LogP contribution in [0.2, 0.25) is 0 Å². The number of oxazole rings is 1. The molecule has 1 amide bonds. The van der Waals surface area contributed by atoms with Gasteiger partial charge in [0.05, 0.1) is 6.20 Å². The molecular formula is C15H18N4O2. The molecule has 2 heterocycles. The summed E-state index contributed by atoms with van der Waals surface area (Å²) in [5, 5.41) is 2.90. The highest BCUT2D eigenvalue weighted by Gasteiger charge is 2.26. The predicted octanol–water partition coefficient (Wildman–Crippen LogP) is 1.84. The lowest BCUT2D eigenvalue weighted by atomic mass is 10.1. The van der Waals surface area contributed by atoms with Gasteiger partial charge in [0.1, 0.15) is 6.04 Å². The van der Waals surface area contributed by atoms with Gasteiger partial charge in [-0.3, -0.25) is 10.2 Å². The normalized spacial score (nSPS) is 21.4. The molecule has 2 aromatic rings. The quantitative estimate of drug-likeness (QED) is 0.802. The average molecular weight is 286 g/mol. The van der Waals surface area contributed by atoms with E-state index in [1.54, 1.807) is 6.20 Å². The van der Waals surface area contributed by atoms with Crippen molar-refractivity contribution in [2.24, 2.45) is 0 Å². The molecule has 2 atom stereocenters. The van der Waals surface area contributed by atoms with Gasteiger partial charge in [-0.2, -0.15) is 0 Å². The second-order valence-electron chi connectivity index (χ2n) is 5.29. The molecule has 0 bridgehead atoms. The summed E-state index contributed by atoms with van der Waals surface area (Å²) in [5.41, 5.74) is 7.72. The molecule has 1 aromatic heterocycles. The van der Waals surface area contributed by atoms with Crippen LogP contribution >= 0.6 is 0 Å². The maximum absolute atomic E-state index is 12.1. The fourth-order valence-electron chi connectivity index (χ4n) is 2.33. The molecule has 2 unspecified atom stereocenters. The number of hydrogen-bond acceptors (Lipinski definition) is 5. The topological polar surface area (TPSA) is 79.2 Å². The summed E-state index contributed by atoms with van der Waals surface area (Å²) in [5.74, 6) is 1.33. The zero-order valence-corrected chi connectivity index (χ0v) is 12.0. The van der Waals surface area contributed by atoms with E-state index < -0.39 is 0 Å². The highest BCUT2D eigenvalue weighted by atomic mass is 16.4. The Balaban J connectivity index is 1.66. The molecule has 1 aliphatic rings. The van der Waals surface area contributed by atoms with Crippen LogP contribution in [0, 0.1) is 6.92 Å². The highest BCUT2D eigenvalue weighted by molar-refractivity contribution is 5.95. The number of rotatable bonds is 3. The zero-order valence-electron chi connectivity index (χ0n) is 12.0. The van der Waals surface area contributed by atoms with Gasteiger partial charge in [-0.25, -0.2) is 10.4 Å². The molecule has 1 fully saturated rings. The van der Waals surface area contributed by atoms with E-state index in [9.17, 15) is 4.79 Å². The Hall–Kier alpha value is -2.18. The number of aromatic nitrogens is 1. The van der Waals surface area contributed by atoms with E-state index in [1.807, 2.05) is 38.1 Å². The van der Waals surface area contributed by atoms with Crippen molar-refractivity contribution in [2.75, 3.05) is 5.32 Å². The minimum absolute atomic E-state index is 0.0323. The molecule has 6 heteroatoms. The molecule has 1 aromatic carbocycles. The molecule has 0 radical (unpaired) electrons. The molecule has 3 rings (SSSR count). The Morgan fingerprint density at radius 3 is 2.67 bits per heavy atom. The number of aryl methyl sites for hydroxylation is 1. The molecule has 0 spiro atoms. The van der Waals surface area contributed by atoms with Crippen LogP contribution in [0.4, 0.5) is 5.69 Å². The summed E-state index contributed by atoms with van der Waals surface area (Å²) in [6.45, 7) is 3.84. The Kier molecular flexibility index (Phi) is 3.72. The van der Waals surface area contributed by atoms with E-state index >= 15 is 0 Å². The van der Waals surface area contributed by atoms with E-state index in [2.05, 4.69) is 21.2 Å². The fourth-order valence-corrected chi connectivity index (χ4v) is 2.33. The van der Waals surface area contributed by atoms with Crippen molar-refractivity contribution in [3.63, 3.8) is 0 Å². The summed E-state index contributed by atoms with van der Waals surface area (Å²) in [4.78, 5) is 16.1. The first-order valence-corrected chi connectivity index (χ1v) is 6.96. The van der Waals surface area contributed by atoms with Crippen LogP contribution in [0.25, 0.3) is 11.3 Å². The van der Waals surface area contributed by atoms with Crippen molar-refractivity contribution in [3.05, 3.63) is 36.4 Å². The van der Waals surface area contributed by atoms with Gasteiger partial charge in [-0.1, -0.05) is 0 Å². The molecule has 3 N–H and O–H groups in total. The maximum Gasteiger partial charge on any atom is 0.242 e. The van der Waals surface area contributed by atoms with Gasteiger partial charge < -0.3 is 9.73 Å². The van der Waals surface area contributed by atoms with Crippen molar-refractivity contribution in [1.82, 2.24) is 15.8 Å². The number of nitrogens with zero attached hydrogens (tertiary/aromatic N) is 1. The Bertz CT molecular complexity index is 635. The lowest BCUT2D eigenvalue weighted by Crippen LogP contribution is -2.39. The number of benzene rings is 1. The largest absolute Gasteiger partial charge is 0.441 e. The van der Waals surface area contributed by atoms with Gasteiger partial charge in [0, 0.05) is 24.2 Å². The minimum Gasteiger partial charge on any atom is -0.441 e. The predicted molar refractivity (Wildman–Crippen MR) is 79.4 cm³/mol. The molecule has 1 aliphatic heterocycles. The highest BCUT2D eigenvalue weighted by Crippen LogP contribution is 2.22. The lowest BCUT2D eigenvalue weighted by molar-refractivity contribution is -0.117. The van der Waals surface area contributed by atoms with Gasteiger partial charge in [-0.15, -0.1) is 0 Å². The van der Waals surface area contributed by atoms with E-state index in [1.165, 1.54) is 0 Å². The summed E-state index contributed by atoms with van der Waals surface area (Å²) in [6, 6.07) is 7.62. The number of anilines is 1. The van der Waals surface area contributed by atoms with E-state index in [4.69, 9.17) is 4.42 Å². The number of hydrazine groups is 1. The number of hydrogen-bond donors (Lipinski definition) is 3. The van der Waals surface area contributed by atoms with E-state index in [0.717, 1.165) is 23.4 Å². The molecule has 110 valence electrons. The van der Waals surface area contributed by atoms with Crippen LogP contribution in [-0.4, -0.2) is 23.0 Å². The van der Waals surface area contributed by atoms with Gasteiger partial charge >= 0.3 is 0 Å². The first-order valence-electron chi connectivity index (χ1n) is 6.96. The molecule has 0 aliphatic carbocycles. The maximum atomic E-state index is 12.1. The number of nitrogens with one attached hydrogen (secondary N) is 3. The smallest absolute Gasteiger partial charge is 0.242 e. The van der Waals surface area contributed by atoms with Gasteiger partial charge in [0.15, 0.2) is 11.7 Å². The molecule has 1 saturated heterocycles. The van der Waals surface area contributed by atoms with Gasteiger partial charge in [0.25, 0.3) is 0 Å². The first-order chi connectivity index (χ1) is 10.1. The Labute approximate surface area is 122 Å². The lowest BCUT2D eigenvalue weighted by Gasteiger charge is -2.10. The van der Waals surface area contributed by atoms with Crippen LogP contribution in [0.5, 0.6) is 0 Å². The van der Waals surface area contributed by atoms with Crippen LogP contribution in [0.15, 0.2) is 34.9 Å². The summed E-state index contributed by atoms with van der Waals surface area (Å²) in [7, 11) is 0. The van der Waals surface area contributed by atoms with Gasteiger partial charge in [-0.05, 0) is 37.6 Å². The Morgan fingerprint density at radius 2 is 2.10 bits per heavy atom. The Morgan fingerprint density at radius 1 is 1.33 bits per heavy atom. The second kappa shape index (κ2) is 5.67. The third kappa shape index (κ3) is 3.12. The summed E-state index contributed by atoms with van der Waals surface area (Å²) < 4.78 is 5.47. The fraction of sp³-hybridized carbons (Fsp3) is 0.333. The van der Waals surface area contributed by atoms with Gasteiger partial charge in [0.2, 0.25) is 5.91 Å². The average Bonchev–Trinajstić information content (AvgIpc) is 3.08. The molecule has 21 heavy (non-hydrogen) atoms. The van der Waals surface area contributed by atoms with Crippen LogP contribution < -0.4 is 16.2 Å². The van der Waals surface area contributed by atoms with Crippen molar-refractivity contribution >= 4 is 11.6 Å². The summed E-state index contributed by atoms with van der Waals surface area (Å²) in [6.07, 6.45) is 2.47. The van der Waals surface area contributed by atoms with Crippen molar-refractivity contribution in [2.45, 2.75) is 32.4 Å². The molecule has 6 nitrogen and oxygen atoms in total. The van der Waals surface area contributed by atoms with Crippen molar-refractivity contribution in [1.29, 1.82) is 0 Å². The van der Waals surface area contributed by atoms with Crippen molar-refractivity contribution in [3.8, 4) is 11.3 Å². The number of amides is 1. The SMILES string of the molecule is Cc1ncc(-c2ccc(NC(=O)C3CC(C)NN3)cc2)o1. The van der Waals surface area contributed by atoms with E-state index in [-0.39, 0.29) is 11.9 Å². The summed E-state index contributed by atoms with van der Waals surface area (Å²) >= 11 is 0. The third-order valence-electron chi connectivity index (χ3n) is 3.47. The molecule has 0 saturated carbocycles. The van der Waals surface area contributed by atoms with Crippen LogP contribution in [0.1, 0.15) is 19.2 Å². The van der Waals surface area contributed by atoms with Crippen LogP contribution in [-0.2, 0) is 4.79 Å². The zero-order chi connectivity index (χ0) is 14.8. The van der Waals surface area contributed by atoms with Crippen LogP contribution in [0.3, 0.4) is 0 Å². The number of carbonyl (C=O) groups excluding carboxylic acids is 1. The third-order valence-corrected chi connectivity index (χ3v) is 3.47. The first kappa shape index (κ1) is 13.8.